The average molecular weight is 303 g/mol. The molecule has 118 valence electrons. The summed E-state index contributed by atoms with van der Waals surface area (Å²) < 4.78 is 0. The zero-order valence-corrected chi connectivity index (χ0v) is 13.0. The van der Waals surface area contributed by atoms with Gasteiger partial charge in [0, 0.05) is 0 Å². The number of hydrogen-bond acceptors (Lipinski definition) is 4. The van der Waals surface area contributed by atoms with Crippen molar-refractivity contribution in [2.45, 2.75) is 38.6 Å². The van der Waals surface area contributed by atoms with Crippen molar-refractivity contribution < 1.29 is 14.7 Å². The molecule has 22 heavy (non-hydrogen) atoms. The van der Waals surface area contributed by atoms with Crippen LogP contribution in [0.25, 0.3) is 0 Å². The molecule has 6 heteroatoms. The number of carboxylic acid groups (broad SMARTS) is 1. The highest BCUT2D eigenvalue weighted by Gasteiger charge is 2.21. The summed E-state index contributed by atoms with van der Waals surface area (Å²) in [5.74, 6) is -1.48. The molecule has 0 aliphatic heterocycles. The van der Waals surface area contributed by atoms with Crippen LogP contribution in [-0.4, -0.2) is 23.5 Å². The van der Waals surface area contributed by atoms with Crippen LogP contribution in [0.1, 0.15) is 49.9 Å². The number of benzene rings is 1. The summed E-state index contributed by atoms with van der Waals surface area (Å²) in [5.41, 5.74) is 6.99. The molecule has 0 aromatic heterocycles. The Morgan fingerprint density at radius 3 is 2.45 bits per heavy atom. The maximum atomic E-state index is 11.5. The number of carbonyl (C=O) groups excluding carboxylic acids is 1. The first-order chi connectivity index (χ1) is 10.2. The Labute approximate surface area is 129 Å². The summed E-state index contributed by atoms with van der Waals surface area (Å²) in [4.78, 5) is 22.6. The number of nitrogens with one attached hydrogen (secondary N) is 1. The van der Waals surface area contributed by atoms with Gasteiger partial charge in [-0.3, -0.25) is 9.59 Å². The second-order valence-corrected chi connectivity index (χ2v) is 6.13. The van der Waals surface area contributed by atoms with Gasteiger partial charge in [0.1, 0.15) is 0 Å². The summed E-state index contributed by atoms with van der Waals surface area (Å²) in [6.45, 7) is 5.77. The molecule has 1 aromatic carbocycles. The van der Waals surface area contributed by atoms with Crippen molar-refractivity contribution in [2.75, 3.05) is 6.54 Å². The fourth-order valence-electron chi connectivity index (χ4n) is 2.03. The number of amides is 1. The van der Waals surface area contributed by atoms with Crippen LogP contribution in [-0.2, 0) is 15.0 Å². The van der Waals surface area contributed by atoms with Gasteiger partial charge in [0.2, 0.25) is 5.91 Å². The van der Waals surface area contributed by atoms with Crippen LogP contribution in [0.4, 0.5) is 0 Å². The SMILES string of the molecule is CC(C)(C)c1cc(C#N)cc(C(CC(=O)O)NC(=O)CN)c1. The molecular formula is C16H21N3O3. The first-order valence-electron chi connectivity index (χ1n) is 6.94. The molecule has 1 rings (SSSR count). The minimum Gasteiger partial charge on any atom is -0.481 e. The largest absolute Gasteiger partial charge is 0.481 e. The normalized spacial score (nSPS) is 12.3. The zero-order valence-electron chi connectivity index (χ0n) is 13.0. The molecule has 0 heterocycles. The van der Waals surface area contributed by atoms with E-state index in [1.54, 1.807) is 12.1 Å². The van der Waals surface area contributed by atoms with Crippen molar-refractivity contribution in [3.05, 3.63) is 34.9 Å². The van der Waals surface area contributed by atoms with E-state index in [-0.39, 0.29) is 18.4 Å². The smallest absolute Gasteiger partial charge is 0.305 e. The van der Waals surface area contributed by atoms with Gasteiger partial charge in [0.25, 0.3) is 0 Å². The number of aliphatic carboxylic acids is 1. The lowest BCUT2D eigenvalue weighted by Gasteiger charge is -2.23. The van der Waals surface area contributed by atoms with E-state index in [0.717, 1.165) is 5.56 Å². The highest BCUT2D eigenvalue weighted by molar-refractivity contribution is 5.79. The minimum absolute atomic E-state index is 0.201. The minimum atomic E-state index is -1.04. The Morgan fingerprint density at radius 2 is 2.00 bits per heavy atom. The molecule has 0 spiro atoms. The number of nitrogens with zero attached hydrogens (tertiary/aromatic N) is 1. The molecule has 1 amide bonds. The lowest BCUT2D eigenvalue weighted by atomic mass is 9.84. The van der Waals surface area contributed by atoms with Crippen LogP contribution in [0.5, 0.6) is 0 Å². The monoisotopic (exact) mass is 303 g/mol. The van der Waals surface area contributed by atoms with Gasteiger partial charge >= 0.3 is 5.97 Å². The third kappa shape index (κ3) is 4.86. The van der Waals surface area contributed by atoms with Gasteiger partial charge < -0.3 is 16.2 Å². The van der Waals surface area contributed by atoms with Crippen molar-refractivity contribution in [1.29, 1.82) is 5.26 Å². The summed E-state index contributed by atoms with van der Waals surface area (Å²) in [5, 5.41) is 20.8. The molecular weight excluding hydrogens is 282 g/mol. The van der Waals surface area contributed by atoms with Crippen LogP contribution in [0.3, 0.4) is 0 Å². The molecule has 1 aromatic rings. The summed E-state index contributed by atoms with van der Waals surface area (Å²) in [6, 6.07) is 6.54. The topological polar surface area (TPSA) is 116 Å². The van der Waals surface area contributed by atoms with Gasteiger partial charge in [-0.1, -0.05) is 26.8 Å². The summed E-state index contributed by atoms with van der Waals surface area (Å²) in [6.07, 6.45) is -0.274. The first kappa shape index (κ1) is 17.7. The number of carboxylic acids is 1. The maximum absolute atomic E-state index is 11.5. The fourth-order valence-corrected chi connectivity index (χ4v) is 2.03. The lowest BCUT2D eigenvalue weighted by Crippen LogP contribution is -2.35. The maximum Gasteiger partial charge on any atom is 0.305 e. The molecule has 4 N–H and O–H groups in total. The Balaban J connectivity index is 3.31. The van der Waals surface area contributed by atoms with Crippen LogP contribution in [0.2, 0.25) is 0 Å². The van der Waals surface area contributed by atoms with Gasteiger partial charge in [0.05, 0.1) is 30.6 Å². The molecule has 1 atom stereocenters. The Morgan fingerprint density at radius 1 is 1.36 bits per heavy atom. The van der Waals surface area contributed by atoms with E-state index >= 15 is 0 Å². The zero-order chi connectivity index (χ0) is 16.9. The van der Waals surface area contributed by atoms with Crippen LogP contribution >= 0.6 is 0 Å². The van der Waals surface area contributed by atoms with Gasteiger partial charge in [-0.15, -0.1) is 0 Å². The number of nitriles is 1. The van der Waals surface area contributed by atoms with E-state index < -0.39 is 17.9 Å². The van der Waals surface area contributed by atoms with Crippen molar-refractivity contribution in [2.24, 2.45) is 5.73 Å². The first-order valence-corrected chi connectivity index (χ1v) is 6.94. The molecule has 0 radical (unpaired) electrons. The van der Waals surface area contributed by atoms with E-state index in [0.29, 0.717) is 11.1 Å². The molecule has 6 nitrogen and oxygen atoms in total. The van der Waals surface area contributed by atoms with Gasteiger partial charge in [-0.25, -0.2) is 0 Å². The van der Waals surface area contributed by atoms with E-state index in [2.05, 4.69) is 11.4 Å². The van der Waals surface area contributed by atoms with Gasteiger partial charge in [-0.05, 0) is 28.7 Å². The molecule has 0 saturated carbocycles. The second-order valence-electron chi connectivity index (χ2n) is 6.13. The van der Waals surface area contributed by atoms with Crippen molar-refractivity contribution in [1.82, 2.24) is 5.32 Å². The third-order valence-electron chi connectivity index (χ3n) is 3.25. The van der Waals surface area contributed by atoms with Crippen LogP contribution in [0, 0.1) is 11.3 Å². The fraction of sp³-hybridized carbons (Fsp3) is 0.438. The number of hydrogen-bond donors (Lipinski definition) is 3. The standard InChI is InChI=1S/C16H21N3O3/c1-16(2,3)12-5-10(8-17)4-11(6-12)13(7-15(21)22)19-14(20)9-18/h4-6,13H,7,9,18H2,1-3H3,(H,19,20)(H,21,22). The molecule has 0 fully saturated rings. The van der Waals surface area contributed by atoms with Crippen LogP contribution < -0.4 is 11.1 Å². The van der Waals surface area contributed by atoms with E-state index in [4.69, 9.17) is 10.8 Å². The summed E-state index contributed by atoms with van der Waals surface area (Å²) >= 11 is 0. The van der Waals surface area contributed by atoms with E-state index in [1.807, 2.05) is 26.8 Å². The van der Waals surface area contributed by atoms with Crippen molar-refractivity contribution in [3.63, 3.8) is 0 Å². The van der Waals surface area contributed by atoms with Gasteiger partial charge in [-0.2, -0.15) is 5.26 Å². The van der Waals surface area contributed by atoms with E-state index in [9.17, 15) is 14.9 Å². The Hall–Kier alpha value is -2.39. The predicted molar refractivity (Wildman–Crippen MR) is 82.0 cm³/mol. The molecule has 0 bridgehead atoms. The highest BCUT2D eigenvalue weighted by atomic mass is 16.4. The number of rotatable bonds is 5. The third-order valence-corrected chi connectivity index (χ3v) is 3.25. The van der Waals surface area contributed by atoms with Crippen molar-refractivity contribution in [3.8, 4) is 6.07 Å². The Bertz CT molecular complexity index is 612. The van der Waals surface area contributed by atoms with Gasteiger partial charge in [0.15, 0.2) is 0 Å². The Kier molecular flexibility index (Phi) is 5.66. The number of nitrogens with two attached hydrogens (primary N) is 1. The number of carbonyl (C=O) groups is 2. The predicted octanol–water partition coefficient (Wildman–Crippen LogP) is 1.45. The molecule has 0 aliphatic rings. The molecule has 0 saturated heterocycles. The van der Waals surface area contributed by atoms with Crippen molar-refractivity contribution >= 4 is 11.9 Å². The molecule has 0 aliphatic carbocycles. The lowest BCUT2D eigenvalue weighted by molar-refractivity contribution is -0.137. The average Bonchev–Trinajstić information content (AvgIpc) is 2.44. The highest BCUT2D eigenvalue weighted by Crippen LogP contribution is 2.28. The quantitative estimate of drug-likeness (QED) is 0.761. The summed E-state index contributed by atoms with van der Waals surface area (Å²) in [7, 11) is 0. The van der Waals surface area contributed by atoms with E-state index in [1.165, 1.54) is 0 Å². The molecule has 1 unspecified atom stereocenters. The second kappa shape index (κ2) is 7.05. The van der Waals surface area contributed by atoms with Crippen LogP contribution in [0.15, 0.2) is 18.2 Å².